The zero-order valence-corrected chi connectivity index (χ0v) is 24.2. The molecular formula is C32H29ClN2O5S. The second-order valence-electron chi connectivity index (χ2n) is 9.10. The highest BCUT2D eigenvalue weighted by atomic mass is 35.5. The normalized spacial score (nSPS) is 15.2. The quantitative estimate of drug-likeness (QED) is 0.149. The molecule has 4 aromatic rings. The summed E-state index contributed by atoms with van der Waals surface area (Å²) in [5.41, 5.74) is 2.65. The Kier molecular flexibility index (Phi) is 9.01. The number of ether oxygens (including phenoxy) is 3. The van der Waals surface area contributed by atoms with E-state index < -0.39 is 5.97 Å². The summed E-state index contributed by atoms with van der Waals surface area (Å²) in [5.74, 6) is 0.603. The number of para-hydroxylation sites is 2. The van der Waals surface area contributed by atoms with Gasteiger partial charge in [0.1, 0.15) is 27.9 Å². The maximum absolute atomic E-state index is 12.8. The number of methoxy groups -OCH3 is 1. The van der Waals surface area contributed by atoms with Crippen LogP contribution in [0, 0.1) is 0 Å². The van der Waals surface area contributed by atoms with Gasteiger partial charge in [-0.15, -0.1) is 0 Å². The number of aryl methyl sites for hydroxylation is 1. The molecule has 41 heavy (non-hydrogen) atoms. The molecule has 0 spiro atoms. The van der Waals surface area contributed by atoms with Crippen LogP contribution >= 0.6 is 23.4 Å². The lowest BCUT2D eigenvalue weighted by Gasteiger charge is -2.09. The number of aliphatic hydroxyl groups is 1. The maximum atomic E-state index is 12.8. The Morgan fingerprint density at radius 1 is 1.07 bits per heavy atom. The molecule has 9 heteroatoms. The zero-order valence-electron chi connectivity index (χ0n) is 22.7. The molecule has 0 bridgehead atoms. The molecule has 0 radical (unpaired) electrons. The third-order valence-corrected chi connectivity index (χ3v) is 7.75. The molecule has 0 aliphatic carbocycles. The van der Waals surface area contributed by atoms with E-state index >= 15 is 0 Å². The number of nitrogens with zero attached hydrogens (tertiary/aromatic N) is 2. The van der Waals surface area contributed by atoms with Crippen molar-refractivity contribution in [3.63, 3.8) is 0 Å². The number of esters is 1. The number of aromatic nitrogens is 1. The fourth-order valence-corrected chi connectivity index (χ4v) is 5.68. The summed E-state index contributed by atoms with van der Waals surface area (Å²) in [4.78, 5) is 18.0. The molecule has 0 fully saturated rings. The first kappa shape index (κ1) is 28.4. The van der Waals surface area contributed by atoms with Gasteiger partial charge in [-0.25, -0.2) is 9.79 Å². The third-order valence-electron chi connectivity index (χ3n) is 6.42. The van der Waals surface area contributed by atoms with E-state index in [1.165, 1.54) is 11.8 Å². The number of carbonyl (C=O) groups is 1. The molecule has 2 heterocycles. The first-order valence-corrected chi connectivity index (χ1v) is 14.4. The lowest BCUT2D eigenvalue weighted by Crippen LogP contribution is -2.12. The molecule has 1 aromatic heterocycles. The monoisotopic (exact) mass is 588 g/mol. The molecule has 3 aromatic carbocycles. The number of aliphatic imine (C=N–C) groups is 1. The molecule has 1 aliphatic rings. The summed E-state index contributed by atoms with van der Waals surface area (Å²) in [6.45, 7) is 3.15. The number of thioether (sulfide) groups is 1. The Labute approximate surface area is 247 Å². The fourth-order valence-electron chi connectivity index (χ4n) is 4.46. The minimum absolute atomic E-state index is 0.0550. The number of halogens is 1. The van der Waals surface area contributed by atoms with Gasteiger partial charge in [-0.2, -0.15) is 0 Å². The highest BCUT2D eigenvalue weighted by molar-refractivity contribution is 8.18. The maximum Gasteiger partial charge on any atom is 0.344 e. The topological polar surface area (TPSA) is 82.3 Å². The van der Waals surface area contributed by atoms with Gasteiger partial charge in [0, 0.05) is 29.2 Å². The van der Waals surface area contributed by atoms with Crippen LogP contribution in [0.25, 0.3) is 17.0 Å². The van der Waals surface area contributed by atoms with Gasteiger partial charge in [0.25, 0.3) is 0 Å². The number of benzene rings is 3. The summed E-state index contributed by atoms with van der Waals surface area (Å²) in [6, 6.07) is 22.7. The van der Waals surface area contributed by atoms with E-state index in [-0.39, 0.29) is 17.9 Å². The Morgan fingerprint density at radius 3 is 2.59 bits per heavy atom. The largest absolute Gasteiger partial charge is 0.506 e. The lowest BCUT2D eigenvalue weighted by atomic mass is 10.1. The minimum atomic E-state index is -0.617. The first-order chi connectivity index (χ1) is 20.0. The van der Waals surface area contributed by atoms with Gasteiger partial charge >= 0.3 is 5.97 Å². The highest BCUT2D eigenvalue weighted by Gasteiger charge is 2.33. The molecule has 5 rings (SSSR count). The van der Waals surface area contributed by atoms with Crippen molar-refractivity contribution in [2.75, 3.05) is 20.3 Å². The van der Waals surface area contributed by atoms with Crippen molar-refractivity contribution < 1.29 is 24.1 Å². The number of aliphatic hydroxyl groups excluding tert-OH is 1. The minimum Gasteiger partial charge on any atom is -0.506 e. The van der Waals surface area contributed by atoms with Crippen molar-refractivity contribution >= 4 is 57.0 Å². The Hall–Kier alpha value is -4.14. The molecule has 1 N–H and O–H groups in total. The zero-order chi connectivity index (χ0) is 28.8. The summed E-state index contributed by atoms with van der Waals surface area (Å²) < 4.78 is 18.5. The average molecular weight is 589 g/mol. The van der Waals surface area contributed by atoms with Crippen LogP contribution in [0.2, 0.25) is 5.02 Å². The summed E-state index contributed by atoms with van der Waals surface area (Å²) >= 11 is 7.44. The van der Waals surface area contributed by atoms with E-state index in [0.29, 0.717) is 38.8 Å². The fraction of sp³-hybridized carbons (Fsp3) is 0.188. The Balaban J connectivity index is 1.42. The second-order valence-corrected chi connectivity index (χ2v) is 10.5. The standard InChI is InChI=1S/C32H29ClN2O5S/c1-3-39-32(37)29-30(36)28(41-31(29)34-22-13-15-23(38-2)16-14-22)19-21-20-35(26-11-6-4-9-24(21)26)17-8-18-40-27-12-7-5-10-25(27)33/h4-7,9-16,19-20,36H,3,8,17-18H2,1-2H3/b28-19-,34-31?. The van der Waals surface area contributed by atoms with E-state index in [4.69, 9.17) is 25.8 Å². The summed E-state index contributed by atoms with van der Waals surface area (Å²) in [5, 5.41) is 13.2. The van der Waals surface area contributed by atoms with Crippen LogP contribution in [0.5, 0.6) is 11.5 Å². The van der Waals surface area contributed by atoms with Gasteiger partial charge in [0.2, 0.25) is 0 Å². The van der Waals surface area contributed by atoms with Crippen LogP contribution in [-0.4, -0.2) is 41.0 Å². The Bertz CT molecular complexity index is 1660. The molecule has 0 saturated heterocycles. The van der Waals surface area contributed by atoms with E-state index in [2.05, 4.69) is 15.6 Å². The summed E-state index contributed by atoms with van der Waals surface area (Å²) in [7, 11) is 1.59. The van der Waals surface area contributed by atoms with Crippen LogP contribution in [0.4, 0.5) is 5.69 Å². The first-order valence-electron chi connectivity index (χ1n) is 13.2. The second kappa shape index (κ2) is 13.0. The molecule has 0 unspecified atom stereocenters. The van der Waals surface area contributed by atoms with Crippen LogP contribution < -0.4 is 9.47 Å². The number of hydrogen-bond donors (Lipinski definition) is 1. The average Bonchev–Trinajstić information content (AvgIpc) is 3.49. The highest BCUT2D eigenvalue weighted by Crippen LogP contribution is 2.41. The summed E-state index contributed by atoms with van der Waals surface area (Å²) in [6.07, 6.45) is 4.70. The van der Waals surface area contributed by atoms with Gasteiger partial charge in [0.15, 0.2) is 0 Å². The number of carbonyl (C=O) groups excluding carboxylic acids is 1. The van der Waals surface area contributed by atoms with Gasteiger partial charge in [-0.3, -0.25) is 0 Å². The van der Waals surface area contributed by atoms with Crippen molar-refractivity contribution in [3.05, 3.63) is 106 Å². The van der Waals surface area contributed by atoms with Crippen LogP contribution in [0.15, 0.2) is 100 Å². The number of hydrogen-bond acceptors (Lipinski definition) is 7. The predicted octanol–water partition coefficient (Wildman–Crippen LogP) is 7.97. The molecule has 1 aliphatic heterocycles. The molecule has 0 amide bonds. The Morgan fingerprint density at radius 2 is 1.83 bits per heavy atom. The molecule has 210 valence electrons. The SMILES string of the molecule is CCOC(=O)C1=C(O)/C(=C/c2cn(CCCOc3ccccc3Cl)c3ccccc23)SC1=Nc1ccc(OC)cc1. The third kappa shape index (κ3) is 6.45. The number of rotatable bonds is 10. The van der Waals surface area contributed by atoms with E-state index in [1.54, 1.807) is 38.3 Å². The molecule has 0 saturated carbocycles. The van der Waals surface area contributed by atoms with E-state index in [1.807, 2.05) is 54.7 Å². The predicted molar refractivity (Wildman–Crippen MR) is 165 cm³/mol. The van der Waals surface area contributed by atoms with Crippen LogP contribution in [0.3, 0.4) is 0 Å². The molecule has 7 nitrogen and oxygen atoms in total. The van der Waals surface area contributed by atoms with Crippen molar-refractivity contribution in [1.82, 2.24) is 4.57 Å². The van der Waals surface area contributed by atoms with Crippen LogP contribution in [-0.2, 0) is 16.1 Å². The van der Waals surface area contributed by atoms with Gasteiger partial charge in [-0.1, -0.05) is 53.7 Å². The van der Waals surface area contributed by atoms with Crippen molar-refractivity contribution in [2.45, 2.75) is 19.9 Å². The molecule has 0 atom stereocenters. The lowest BCUT2D eigenvalue weighted by molar-refractivity contribution is -0.138. The smallest absolute Gasteiger partial charge is 0.344 e. The number of fused-ring (bicyclic) bond motifs is 1. The van der Waals surface area contributed by atoms with Crippen molar-refractivity contribution in [3.8, 4) is 11.5 Å². The molecular weight excluding hydrogens is 560 g/mol. The van der Waals surface area contributed by atoms with E-state index in [9.17, 15) is 9.90 Å². The van der Waals surface area contributed by atoms with Gasteiger partial charge in [0.05, 0.1) is 35.9 Å². The van der Waals surface area contributed by atoms with Gasteiger partial charge in [-0.05, 0) is 61.9 Å². The van der Waals surface area contributed by atoms with Crippen molar-refractivity contribution in [2.24, 2.45) is 4.99 Å². The van der Waals surface area contributed by atoms with E-state index in [0.717, 1.165) is 29.4 Å². The van der Waals surface area contributed by atoms with Gasteiger partial charge < -0.3 is 23.9 Å². The van der Waals surface area contributed by atoms with Crippen molar-refractivity contribution in [1.29, 1.82) is 0 Å². The van der Waals surface area contributed by atoms with Crippen LogP contribution in [0.1, 0.15) is 18.9 Å².